The van der Waals surface area contributed by atoms with E-state index in [1.165, 1.54) is 22.3 Å². The van der Waals surface area contributed by atoms with Gasteiger partial charge < -0.3 is 10.2 Å². The Balaban J connectivity index is 2.29. The van der Waals surface area contributed by atoms with Crippen LogP contribution in [0.2, 0.25) is 0 Å². The molecular weight excluding hydrogens is 282 g/mol. The van der Waals surface area contributed by atoms with Gasteiger partial charge in [0.1, 0.15) is 0 Å². The Kier molecular flexibility index (Phi) is 5.43. The summed E-state index contributed by atoms with van der Waals surface area (Å²) in [5, 5.41) is 3.56. The molecule has 0 amide bonds. The molecule has 0 spiro atoms. The summed E-state index contributed by atoms with van der Waals surface area (Å²) in [4.78, 5) is 6.66. The topological polar surface area (TPSA) is 27.6 Å². The number of aliphatic imine (C=N–C) groups is 1. The first-order valence-corrected chi connectivity index (χ1v) is 8.10. The molecule has 0 aliphatic carbocycles. The molecule has 3 nitrogen and oxygen atoms in total. The minimum atomic E-state index is 0.952. The number of anilines is 2. The lowest BCUT2D eigenvalue weighted by Crippen LogP contribution is -2.14. The molecule has 0 aromatic heterocycles. The monoisotopic (exact) mass is 309 g/mol. The van der Waals surface area contributed by atoms with Crippen LogP contribution in [0.15, 0.2) is 35.3 Å². The Hall–Kier alpha value is -2.29. The second kappa shape index (κ2) is 7.32. The van der Waals surface area contributed by atoms with Crippen molar-refractivity contribution in [2.24, 2.45) is 4.99 Å². The second-order valence-corrected chi connectivity index (χ2v) is 6.21. The fourth-order valence-corrected chi connectivity index (χ4v) is 2.33. The van der Waals surface area contributed by atoms with Crippen molar-refractivity contribution in [3.05, 3.63) is 52.6 Å². The maximum Gasteiger partial charge on any atom is 0.0909 e. The molecule has 0 saturated heterocycles. The van der Waals surface area contributed by atoms with E-state index in [1.807, 2.05) is 13.4 Å². The molecule has 2 aromatic rings. The number of rotatable bonds is 5. The van der Waals surface area contributed by atoms with Gasteiger partial charge in [-0.15, -0.1) is 0 Å². The average Bonchev–Trinajstić information content (AvgIpc) is 2.52. The van der Waals surface area contributed by atoms with Crippen LogP contribution in [0.1, 0.15) is 29.2 Å². The molecule has 0 unspecified atom stereocenters. The predicted molar refractivity (Wildman–Crippen MR) is 102 cm³/mol. The van der Waals surface area contributed by atoms with E-state index in [4.69, 9.17) is 0 Å². The van der Waals surface area contributed by atoms with Crippen molar-refractivity contribution < 1.29 is 0 Å². The van der Waals surface area contributed by atoms with Gasteiger partial charge in [0.2, 0.25) is 0 Å². The first-order valence-electron chi connectivity index (χ1n) is 8.10. The fourth-order valence-electron chi connectivity index (χ4n) is 2.33. The first-order chi connectivity index (χ1) is 10.9. The SMILES string of the molecule is CCN(C)C=Nc1cc(C)c(Nc2cc(C)ccc2C)cc1C. The molecule has 2 aromatic carbocycles. The maximum atomic E-state index is 4.59. The van der Waals surface area contributed by atoms with Gasteiger partial charge in [-0.2, -0.15) is 0 Å². The summed E-state index contributed by atoms with van der Waals surface area (Å²) in [5.41, 5.74) is 8.20. The van der Waals surface area contributed by atoms with Crippen LogP contribution in [-0.2, 0) is 0 Å². The van der Waals surface area contributed by atoms with Gasteiger partial charge in [0.05, 0.1) is 12.0 Å². The lowest BCUT2D eigenvalue weighted by Gasteiger charge is -2.15. The van der Waals surface area contributed by atoms with Gasteiger partial charge >= 0.3 is 0 Å². The van der Waals surface area contributed by atoms with Crippen LogP contribution in [0.25, 0.3) is 0 Å². The van der Waals surface area contributed by atoms with Crippen molar-refractivity contribution in [3.8, 4) is 0 Å². The molecule has 0 aliphatic rings. The van der Waals surface area contributed by atoms with Gasteiger partial charge in [-0.3, -0.25) is 0 Å². The minimum absolute atomic E-state index is 0.952. The molecule has 2 rings (SSSR count). The van der Waals surface area contributed by atoms with Crippen LogP contribution >= 0.6 is 0 Å². The van der Waals surface area contributed by atoms with Crippen LogP contribution in [-0.4, -0.2) is 24.8 Å². The molecule has 0 heterocycles. The van der Waals surface area contributed by atoms with E-state index < -0.39 is 0 Å². The first kappa shape index (κ1) is 17.1. The molecule has 0 atom stereocenters. The molecule has 0 radical (unpaired) electrons. The van der Waals surface area contributed by atoms with Gasteiger partial charge in [0.15, 0.2) is 0 Å². The zero-order valence-electron chi connectivity index (χ0n) is 15.1. The van der Waals surface area contributed by atoms with Gasteiger partial charge in [-0.05, 0) is 75.1 Å². The number of nitrogens with one attached hydrogen (secondary N) is 1. The van der Waals surface area contributed by atoms with E-state index in [0.717, 1.165) is 23.6 Å². The van der Waals surface area contributed by atoms with Crippen LogP contribution in [0.4, 0.5) is 17.1 Å². The van der Waals surface area contributed by atoms with E-state index in [2.05, 4.69) is 80.2 Å². The average molecular weight is 309 g/mol. The lowest BCUT2D eigenvalue weighted by atomic mass is 10.1. The molecule has 3 heteroatoms. The summed E-state index contributed by atoms with van der Waals surface area (Å²) >= 11 is 0. The zero-order valence-corrected chi connectivity index (χ0v) is 15.1. The van der Waals surface area contributed by atoms with Crippen LogP contribution in [0.3, 0.4) is 0 Å². The molecule has 1 N–H and O–H groups in total. The summed E-state index contributed by atoms with van der Waals surface area (Å²) in [6.07, 6.45) is 1.89. The molecule has 0 bridgehead atoms. The highest BCUT2D eigenvalue weighted by Gasteiger charge is 2.06. The summed E-state index contributed by atoms with van der Waals surface area (Å²) in [6.45, 7) is 11.5. The highest BCUT2D eigenvalue weighted by molar-refractivity contribution is 5.72. The van der Waals surface area contributed by atoms with Crippen LogP contribution in [0.5, 0.6) is 0 Å². The molecule has 23 heavy (non-hydrogen) atoms. The van der Waals surface area contributed by atoms with Crippen molar-refractivity contribution in [2.45, 2.75) is 34.6 Å². The highest BCUT2D eigenvalue weighted by atomic mass is 15.1. The normalized spacial score (nSPS) is 11.0. The van der Waals surface area contributed by atoms with Gasteiger partial charge in [0, 0.05) is 25.0 Å². The molecule has 0 saturated carbocycles. The van der Waals surface area contributed by atoms with Crippen molar-refractivity contribution in [1.29, 1.82) is 0 Å². The Bertz CT molecular complexity index is 717. The van der Waals surface area contributed by atoms with E-state index in [1.54, 1.807) is 0 Å². The lowest BCUT2D eigenvalue weighted by molar-refractivity contribution is 0.552. The number of aryl methyl sites for hydroxylation is 4. The van der Waals surface area contributed by atoms with Crippen molar-refractivity contribution in [1.82, 2.24) is 4.90 Å². The zero-order chi connectivity index (χ0) is 17.0. The van der Waals surface area contributed by atoms with Gasteiger partial charge in [0.25, 0.3) is 0 Å². The second-order valence-electron chi connectivity index (χ2n) is 6.21. The molecular formula is C20H27N3. The molecule has 0 aliphatic heterocycles. The van der Waals surface area contributed by atoms with Gasteiger partial charge in [-0.1, -0.05) is 12.1 Å². The number of nitrogens with zero attached hydrogens (tertiary/aromatic N) is 2. The van der Waals surface area contributed by atoms with Crippen LogP contribution in [0, 0.1) is 27.7 Å². The summed E-state index contributed by atoms with van der Waals surface area (Å²) in [6, 6.07) is 10.8. The number of benzene rings is 2. The minimum Gasteiger partial charge on any atom is -0.366 e. The van der Waals surface area contributed by atoms with E-state index in [0.29, 0.717) is 0 Å². The van der Waals surface area contributed by atoms with Crippen molar-refractivity contribution >= 4 is 23.4 Å². The van der Waals surface area contributed by atoms with Crippen molar-refractivity contribution in [3.63, 3.8) is 0 Å². The Morgan fingerprint density at radius 3 is 2.35 bits per heavy atom. The third kappa shape index (κ3) is 4.35. The number of hydrogen-bond donors (Lipinski definition) is 1. The summed E-state index contributed by atoms with van der Waals surface area (Å²) in [7, 11) is 2.03. The Labute approximate surface area is 140 Å². The third-order valence-electron chi connectivity index (χ3n) is 4.10. The smallest absolute Gasteiger partial charge is 0.0909 e. The highest BCUT2D eigenvalue weighted by Crippen LogP contribution is 2.30. The van der Waals surface area contributed by atoms with Gasteiger partial charge in [-0.25, -0.2) is 4.99 Å². The number of hydrogen-bond acceptors (Lipinski definition) is 2. The largest absolute Gasteiger partial charge is 0.366 e. The summed E-state index contributed by atoms with van der Waals surface area (Å²) < 4.78 is 0. The molecule has 0 fully saturated rings. The third-order valence-corrected chi connectivity index (χ3v) is 4.10. The quantitative estimate of drug-likeness (QED) is 0.601. The fraction of sp³-hybridized carbons (Fsp3) is 0.350. The van der Waals surface area contributed by atoms with E-state index in [9.17, 15) is 0 Å². The Morgan fingerprint density at radius 2 is 1.65 bits per heavy atom. The molecule has 122 valence electrons. The van der Waals surface area contributed by atoms with Crippen LogP contribution < -0.4 is 5.32 Å². The van der Waals surface area contributed by atoms with E-state index in [-0.39, 0.29) is 0 Å². The standard InChI is InChI=1S/C20H27N3/c1-7-23(6)13-21-18-11-17(5)20(12-16(18)4)22-19-10-14(2)8-9-15(19)3/h8-13,22H,7H2,1-6H3. The maximum absolute atomic E-state index is 4.59. The van der Waals surface area contributed by atoms with E-state index >= 15 is 0 Å². The Morgan fingerprint density at radius 1 is 0.957 bits per heavy atom. The van der Waals surface area contributed by atoms with Crippen molar-refractivity contribution in [2.75, 3.05) is 18.9 Å². The summed E-state index contributed by atoms with van der Waals surface area (Å²) in [5.74, 6) is 0. The predicted octanol–water partition coefficient (Wildman–Crippen LogP) is 5.28.